The van der Waals surface area contributed by atoms with E-state index < -0.39 is 20.6 Å². The maximum Gasteiger partial charge on any atom is 0.253 e. The van der Waals surface area contributed by atoms with Gasteiger partial charge < -0.3 is 20.2 Å². The number of hydrogen-bond acceptors (Lipinski definition) is 8. The first-order valence-electron chi connectivity index (χ1n) is 9.74. The smallest absolute Gasteiger partial charge is 0.253 e. The fourth-order valence-corrected chi connectivity index (χ4v) is 5.16. The van der Waals surface area contributed by atoms with Gasteiger partial charge in [-0.15, -0.1) is 0 Å². The van der Waals surface area contributed by atoms with Gasteiger partial charge in [0.1, 0.15) is 16.3 Å². The molecule has 2 N–H and O–H groups in total. The van der Waals surface area contributed by atoms with E-state index in [2.05, 4.69) is 9.68 Å². The number of phenolic OH excluding ortho intramolecular Hbond substituents is 1. The van der Waals surface area contributed by atoms with Crippen LogP contribution in [0.1, 0.15) is 20.3 Å². The number of phenols is 1. The van der Waals surface area contributed by atoms with E-state index in [9.17, 15) is 18.9 Å². The number of benzene rings is 1. The van der Waals surface area contributed by atoms with Crippen LogP contribution < -0.4 is 21.1 Å². The van der Waals surface area contributed by atoms with Gasteiger partial charge in [0.2, 0.25) is 0 Å². The minimum atomic E-state index is -2.98. The van der Waals surface area contributed by atoms with Gasteiger partial charge in [-0.3, -0.25) is 9.59 Å². The van der Waals surface area contributed by atoms with Crippen LogP contribution in [0.2, 0.25) is 5.02 Å². The molecule has 2 aromatic carbocycles. The Morgan fingerprint density at radius 1 is 1.17 bits per heavy atom. The monoisotopic (exact) mass is 456 g/mol. The van der Waals surface area contributed by atoms with Gasteiger partial charge in [0.15, 0.2) is 5.75 Å². The van der Waals surface area contributed by atoms with Crippen molar-refractivity contribution < 1.29 is 9.32 Å². The highest BCUT2D eigenvalue weighted by atomic mass is 35.5. The third kappa shape index (κ3) is 4.96. The summed E-state index contributed by atoms with van der Waals surface area (Å²) in [6.07, 6.45) is 2.23. The van der Waals surface area contributed by atoms with Crippen LogP contribution in [0.3, 0.4) is 0 Å². The van der Waals surface area contributed by atoms with Crippen molar-refractivity contribution in [1.82, 2.24) is 4.90 Å². The van der Waals surface area contributed by atoms with Crippen molar-refractivity contribution in [1.29, 1.82) is 0 Å². The quantitative estimate of drug-likeness (QED) is 0.418. The van der Waals surface area contributed by atoms with Crippen molar-refractivity contribution in [2.75, 3.05) is 56.7 Å². The van der Waals surface area contributed by atoms with E-state index >= 15 is 0 Å². The minimum absolute atomic E-state index is 0.00841. The van der Waals surface area contributed by atoms with Crippen LogP contribution in [0.25, 0.3) is 0 Å². The lowest BCUT2D eigenvalue weighted by Gasteiger charge is -2.26. The fourth-order valence-electron chi connectivity index (χ4n) is 3.12. The summed E-state index contributed by atoms with van der Waals surface area (Å²) in [5.74, 6) is -0.346. The Kier molecular flexibility index (Phi) is 7.90. The van der Waals surface area contributed by atoms with Crippen LogP contribution in [0, 0.1) is 0 Å². The Bertz CT molecular complexity index is 1100. The van der Waals surface area contributed by atoms with E-state index in [1.807, 2.05) is 37.7 Å². The molecule has 0 fully saturated rings. The molecule has 0 amide bonds. The first-order valence-corrected chi connectivity index (χ1v) is 12.0. The molecule has 1 unspecified atom stereocenters. The first-order chi connectivity index (χ1) is 14.0. The third-order valence-corrected chi connectivity index (χ3v) is 6.96. The summed E-state index contributed by atoms with van der Waals surface area (Å²) in [5.41, 5.74) is -0.644. The topological polar surface area (TPSA) is 102 Å². The fraction of sp³-hybridized carbons (Fsp3) is 0.500. The van der Waals surface area contributed by atoms with E-state index in [1.165, 1.54) is 18.4 Å². The standard InChI is InChI=1S/C20H29ClN4O4S/c1-6-11-25(7-2)16-15(18(27)19(16)28)23-14-9-8-13(21)20(17(14)26)30(5,29)22-10-12-24(3)4/h8-9,23,26H,6-7,10-12H2,1-5H3. The van der Waals surface area contributed by atoms with Gasteiger partial charge in [-0.1, -0.05) is 18.5 Å². The molecule has 0 aliphatic rings. The van der Waals surface area contributed by atoms with Crippen molar-refractivity contribution in [2.45, 2.75) is 25.2 Å². The average molecular weight is 457 g/mol. The van der Waals surface area contributed by atoms with Crippen molar-refractivity contribution in [3.63, 3.8) is 0 Å². The van der Waals surface area contributed by atoms with Gasteiger partial charge in [0.05, 0.1) is 27.0 Å². The molecule has 1 atom stereocenters. The molecular formula is C20H29ClN4O4S. The molecule has 0 aliphatic carbocycles. The number of nitrogens with zero attached hydrogens (tertiary/aromatic N) is 3. The van der Waals surface area contributed by atoms with Gasteiger partial charge >= 0.3 is 0 Å². The molecule has 0 saturated heterocycles. The van der Waals surface area contributed by atoms with E-state index in [1.54, 1.807) is 0 Å². The second-order valence-corrected chi connectivity index (χ2v) is 10.00. The molecule has 0 heterocycles. The highest BCUT2D eigenvalue weighted by Gasteiger charge is 2.27. The van der Waals surface area contributed by atoms with Gasteiger partial charge in [-0.05, 0) is 39.6 Å². The molecule has 166 valence electrons. The van der Waals surface area contributed by atoms with Gasteiger partial charge in [0, 0.05) is 25.9 Å². The molecule has 8 nitrogen and oxygen atoms in total. The van der Waals surface area contributed by atoms with E-state index in [0.717, 1.165) is 6.42 Å². The summed E-state index contributed by atoms with van der Waals surface area (Å²) in [6.45, 7) is 5.98. The van der Waals surface area contributed by atoms with Crippen LogP contribution in [0.15, 0.2) is 31.0 Å². The number of hydrogen-bond donors (Lipinski definition) is 2. The van der Waals surface area contributed by atoms with Crippen molar-refractivity contribution in [3.05, 3.63) is 37.6 Å². The summed E-state index contributed by atoms with van der Waals surface area (Å²) >= 11 is 6.23. The molecule has 30 heavy (non-hydrogen) atoms. The van der Waals surface area contributed by atoms with Crippen LogP contribution in [-0.4, -0.2) is 60.7 Å². The third-order valence-electron chi connectivity index (χ3n) is 4.68. The molecular weight excluding hydrogens is 428 g/mol. The lowest BCUT2D eigenvalue weighted by molar-refractivity contribution is 0.421. The SMILES string of the molecule is CCCN(CC)c1c(Nc2ccc(Cl)c(S(C)(=O)=NCCN(C)C)c2O)c(=O)c1=O. The highest BCUT2D eigenvalue weighted by Crippen LogP contribution is 2.39. The molecule has 0 saturated carbocycles. The Hall–Kier alpha value is -2.10. The zero-order valence-electron chi connectivity index (χ0n) is 18.0. The number of nitrogens with one attached hydrogen (secondary N) is 1. The van der Waals surface area contributed by atoms with Crippen LogP contribution in [-0.2, 0) is 9.73 Å². The highest BCUT2D eigenvalue weighted by molar-refractivity contribution is 7.93. The zero-order valence-corrected chi connectivity index (χ0v) is 19.6. The molecule has 2 rings (SSSR count). The summed E-state index contributed by atoms with van der Waals surface area (Å²) in [4.78, 5) is 28.1. The van der Waals surface area contributed by atoms with E-state index in [0.29, 0.717) is 31.9 Å². The van der Waals surface area contributed by atoms with Gasteiger partial charge in [-0.25, -0.2) is 8.57 Å². The predicted octanol–water partition coefficient (Wildman–Crippen LogP) is 2.64. The Balaban J connectivity index is 2.47. The normalized spacial score (nSPS) is 13.4. The first kappa shape index (κ1) is 24.2. The van der Waals surface area contributed by atoms with Crippen molar-refractivity contribution in [3.8, 4) is 5.75 Å². The van der Waals surface area contributed by atoms with Crippen LogP contribution in [0.4, 0.5) is 17.1 Å². The molecule has 0 aliphatic heterocycles. The summed E-state index contributed by atoms with van der Waals surface area (Å²) in [7, 11) is 0.771. The number of anilines is 3. The molecule has 2 aromatic rings. The number of halogens is 1. The molecule has 0 spiro atoms. The maximum absolute atomic E-state index is 13.2. The summed E-state index contributed by atoms with van der Waals surface area (Å²) < 4.78 is 17.4. The minimum Gasteiger partial charge on any atom is -0.504 e. The van der Waals surface area contributed by atoms with Crippen LogP contribution >= 0.6 is 11.6 Å². The zero-order chi connectivity index (χ0) is 22.6. The summed E-state index contributed by atoms with van der Waals surface area (Å²) in [5, 5.41) is 13.8. The van der Waals surface area contributed by atoms with Crippen molar-refractivity contribution in [2.24, 2.45) is 4.36 Å². The summed E-state index contributed by atoms with van der Waals surface area (Å²) in [6, 6.07) is 2.96. The maximum atomic E-state index is 13.2. The van der Waals surface area contributed by atoms with E-state index in [-0.39, 0.29) is 27.0 Å². The van der Waals surface area contributed by atoms with Crippen molar-refractivity contribution >= 4 is 38.4 Å². The molecule has 0 aromatic heterocycles. The van der Waals surface area contributed by atoms with Crippen LogP contribution in [0.5, 0.6) is 5.75 Å². The number of aromatic hydroxyl groups is 1. The molecule has 0 bridgehead atoms. The molecule has 10 heteroatoms. The average Bonchev–Trinajstić information content (AvgIpc) is 2.67. The lowest BCUT2D eigenvalue weighted by Crippen LogP contribution is -2.42. The number of likely N-dealkylation sites (N-methyl/N-ethyl adjacent to an activating group) is 1. The second-order valence-electron chi connectivity index (χ2n) is 7.32. The Morgan fingerprint density at radius 3 is 2.40 bits per heavy atom. The lowest BCUT2D eigenvalue weighted by atomic mass is 10.1. The predicted molar refractivity (Wildman–Crippen MR) is 124 cm³/mol. The molecule has 0 radical (unpaired) electrons. The number of rotatable bonds is 10. The van der Waals surface area contributed by atoms with E-state index in [4.69, 9.17) is 11.6 Å². The second kappa shape index (κ2) is 9.80. The Labute approximate surface area is 182 Å². The largest absolute Gasteiger partial charge is 0.504 e. The van der Waals surface area contributed by atoms with Gasteiger partial charge in [-0.2, -0.15) is 0 Å². The Morgan fingerprint density at radius 2 is 1.83 bits per heavy atom. The van der Waals surface area contributed by atoms with Gasteiger partial charge in [0.25, 0.3) is 10.9 Å².